The Labute approximate surface area is 94.3 Å². The molecule has 1 rings (SSSR count). The molecule has 0 heterocycles. The average Bonchev–Trinajstić information content (AvgIpc) is 2.24. The summed E-state index contributed by atoms with van der Waals surface area (Å²) in [6.07, 6.45) is -7.95. The van der Waals surface area contributed by atoms with Crippen LogP contribution in [0.25, 0.3) is 0 Å². The molecule has 0 aliphatic carbocycles. The van der Waals surface area contributed by atoms with Crippen molar-refractivity contribution in [2.75, 3.05) is 0 Å². The van der Waals surface area contributed by atoms with E-state index in [1.54, 1.807) is 0 Å². The highest BCUT2D eigenvalue weighted by Crippen LogP contribution is 2.35. The summed E-state index contributed by atoms with van der Waals surface area (Å²) >= 11 is 2.49. The van der Waals surface area contributed by atoms with Gasteiger partial charge in [0, 0.05) is 7.21 Å². The van der Waals surface area contributed by atoms with Gasteiger partial charge < -0.3 is 0 Å². The zero-order valence-electron chi connectivity index (χ0n) is 11.5. The predicted molar refractivity (Wildman–Crippen MR) is 48.5 cm³/mol. The first-order valence-corrected chi connectivity index (χ1v) is 4.02. The van der Waals surface area contributed by atoms with Crippen molar-refractivity contribution in [3.8, 4) is 6.07 Å². The molecule has 0 N–H and O–H groups in total. The summed E-state index contributed by atoms with van der Waals surface area (Å²) in [4.78, 5) is 0. The van der Waals surface area contributed by atoms with E-state index in [9.17, 15) is 13.2 Å². The first-order valence-electron chi connectivity index (χ1n) is 5.73. The van der Waals surface area contributed by atoms with E-state index < -0.39 is 46.3 Å². The number of nitriles is 1. The fourth-order valence-electron chi connectivity index (χ4n) is 0.705. The Hall–Kier alpha value is -1.02. The van der Waals surface area contributed by atoms with Gasteiger partial charge in [0.25, 0.3) is 0 Å². The third-order valence-corrected chi connectivity index (χ3v) is 1.83. The van der Waals surface area contributed by atoms with Crippen molar-refractivity contribution in [2.45, 2.75) is 12.5 Å². The van der Waals surface area contributed by atoms with Crippen molar-refractivity contribution in [2.24, 2.45) is 0 Å². The van der Waals surface area contributed by atoms with Gasteiger partial charge in [-0.3, -0.25) is 0 Å². The van der Waals surface area contributed by atoms with Gasteiger partial charge >= 0.3 is 6.18 Å². The Morgan fingerprint density at radius 2 is 2.21 bits per heavy atom. The molecular formula is C9H5BrF3N. The van der Waals surface area contributed by atoms with Crippen molar-refractivity contribution in [3.63, 3.8) is 0 Å². The van der Waals surface area contributed by atoms with Gasteiger partial charge in [-0.25, -0.2) is 0 Å². The number of hydrogen-bond acceptors (Lipinski definition) is 1. The number of benzene rings is 1. The van der Waals surface area contributed by atoms with Crippen LogP contribution in [-0.4, -0.2) is 0 Å². The van der Waals surface area contributed by atoms with Crippen molar-refractivity contribution in [3.05, 3.63) is 33.7 Å². The molecule has 1 aromatic carbocycles. The van der Waals surface area contributed by atoms with Crippen LogP contribution in [0, 0.1) is 11.3 Å². The summed E-state index contributed by atoms with van der Waals surface area (Å²) in [7, 11) is 0. The molecular weight excluding hydrogens is 259 g/mol. The monoisotopic (exact) mass is 268 g/mol. The SMILES string of the molecule is [2H]c1c([2H])c(C([2H])([2H])C#N)c([2H])c(C(F)(F)F)c1Br. The number of nitrogens with zero attached hydrogens (tertiary/aromatic N) is 1. The largest absolute Gasteiger partial charge is 0.417 e. The Balaban J connectivity index is 3.89. The van der Waals surface area contributed by atoms with E-state index >= 15 is 0 Å². The van der Waals surface area contributed by atoms with E-state index in [4.69, 9.17) is 12.1 Å². The van der Waals surface area contributed by atoms with E-state index in [-0.39, 0.29) is 0 Å². The van der Waals surface area contributed by atoms with Crippen LogP contribution in [0.5, 0.6) is 0 Å². The summed E-state index contributed by atoms with van der Waals surface area (Å²) in [6.45, 7) is 0. The molecule has 0 atom stereocenters. The third kappa shape index (κ3) is 2.48. The molecule has 0 fully saturated rings. The molecule has 0 saturated heterocycles. The van der Waals surface area contributed by atoms with Gasteiger partial charge in [0.05, 0.1) is 22.1 Å². The normalized spacial score (nSPS) is 17.2. The second kappa shape index (κ2) is 4.01. The Bertz CT molecular complexity index is 579. The lowest BCUT2D eigenvalue weighted by Crippen LogP contribution is -2.06. The molecule has 0 bridgehead atoms. The van der Waals surface area contributed by atoms with E-state index in [2.05, 4.69) is 15.9 Å². The standard InChI is InChI=1S/C9H5BrF3N/c10-8-2-1-6(3-4-14)5-7(8)9(11,12)13/h1-2,5H,3H2/i1D,2D,3D2,5D. The lowest BCUT2D eigenvalue weighted by atomic mass is 10.1. The molecule has 0 aliphatic heterocycles. The van der Waals surface area contributed by atoms with E-state index in [0.29, 0.717) is 0 Å². The molecule has 74 valence electrons. The lowest BCUT2D eigenvalue weighted by Gasteiger charge is -2.09. The van der Waals surface area contributed by atoms with Crippen molar-refractivity contribution in [1.82, 2.24) is 0 Å². The van der Waals surface area contributed by atoms with Gasteiger partial charge in [-0.05, 0) is 17.6 Å². The molecule has 1 aromatic rings. The Morgan fingerprint density at radius 1 is 1.57 bits per heavy atom. The molecule has 1 nitrogen and oxygen atoms in total. The molecule has 5 heteroatoms. The van der Waals surface area contributed by atoms with Crippen molar-refractivity contribution >= 4 is 15.9 Å². The van der Waals surface area contributed by atoms with E-state index in [1.165, 1.54) is 0 Å². The van der Waals surface area contributed by atoms with Crippen molar-refractivity contribution in [1.29, 1.82) is 5.26 Å². The predicted octanol–water partition coefficient (Wildman–Crippen LogP) is 3.53. The van der Waals surface area contributed by atoms with E-state index in [0.717, 1.165) is 6.07 Å². The fourth-order valence-corrected chi connectivity index (χ4v) is 1.13. The zero-order valence-corrected chi connectivity index (χ0v) is 8.05. The number of rotatable bonds is 1. The van der Waals surface area contributed by atoms with Crippen LogP contribution in [0.1, 0.15) is 18.0 Å². The van der Waals surface area contributed by atoms with Gasteiger partial charge in [-0.2, -0.15) is 18.4 Å². The third-order valence-electron chi connectivity index (χ3n) is 1.23. The zero-order chi connectivity index (χ0) is 15.2. The molecule has 0 amide bonds. The molecule has 0 aliphatic rings. The molecule has 0 saturated carbocycles. The van der Waals surface area contributed by atoms with Crippen LogP contribution in [-0.2, 0) is 12.5 Å². The maximum atomic E-state index is 12.8. The molecule has 0 aromatic heterocycles. The number of hydrogen-bond donors (Lipinski definition) is 0. The topological polar surface area (TPSA) is 23.8 Å². The molecule has 0 unspecified atom stereocenters. The second-order valence-corrected chi connectivity index (χ2v) is 2.97. The fraction of sp³-hybridized carbons (Fsp3) is 0.222. The van der Waals surface area contributed by atoms with Gasteiger partial charge in [0.15, 0.2) is 0 Å². The molecule has 14 heavy (non-hydrogen) atoms. The Kier molecular flexibility index (Phi) is 1.65. The van der Waals surface area contributed by atoms with Crippen LogP contribution in [0.2, 0.25) is 0 Å². The minimum Gasteiger partial charge on any atom is -0.198 e. The minimum absolute atomic E-state index is 0.813. The first-order chi connectivity index (χ1) is 8.45. The summed E-state index contributed by atoms with van der Waals surface area (Å²) < 4.78 is 74.3. The smallest absolute Gasteiger partial charge is 0.198 e. The lowest BCUT2D eigenvalue weighted by molar-refractivity contribution is -0.138. The summed E-state index contributed by atoms with van der Waals surface area (Å²) in [6, 6.07) is -2.06. The molecule has 0 radical (unpaired) electrons. The quantitative estimate of drug-likeness (QED) is 0.765. The highest BCUT2D eigenvalue weighted by atomic mass is 79.9. The van der Waals surface area contributed by atoms with Gasteiger partial charge in [0.2, 0.25) is 0 Å². The van der Waals surface area contributed by atoms with Gasteiger partial charge in [0.1, 0.15) is 0 Å². The summed E-state index contributed by atoms with van der Waals surface area (Å²) in [5.74, 6) is 0. The van der Waals surface area contributed by atoms with Crippen LogP contribution in [0.4, 0.5) is 13.2 Å². The molecule has 0 spiro atoms. The average molecular weight is 269 g/mol. The van der Waals surface area contributed by atoms with Crippen LogP contribution < -0.4 is 0 Å². The van der Waals surface area contributed by atoms with E-state index in [1.807, 2.05) is 0 Å². The maximum Gasteiger partial charge on any atom is 0.417 e. The van der Waals surface area contributed by atoms with Crippen LogP contribution >= 0.6 is 15.9 Å². The van der Waals surface area contributed by atoms with Crippen LogP contribution in [0.3, 0.4) is 0 Å². The second-order valence-electron chi connectivity index (χ2n) is 2.17. The first kappa shape index (κ1) is 5.76. The highest BCUT2D eigenvalue weighted by molar-refractivity contribution is 9.10. The Morgan fingerprint density at radius 3 is 2.71 bits per heavy atom. The maximum absolute atomic E-state index is 12.8. The summed E-state index contributed by atoms with van der Waals surface area (Å²) in [5.41, 5.74) is -2.63. The van der Waals surface area contributed by atoms with Crippen LogP contribution in [0.15, 0.2) is 22.6 Å². The number of halogens is 4. The minimum atomic E-state index is -5.00. The van der Waals surface area contributed by atoms with Crippen molar-refractivity contribution < 1.29 is 20.0 Å². The highest BCUT2D eigenvalue weighted by Gasteiger charge is 2.32. The van der Waals surface area contributed by atoms with Gasteiger partial charge in [-0.1, -0.05) is 22.0 Å². The summed E-state index contributed by atoms with van der Waals surface area (Å²) in [5, 5.41) is 8.60. The number of alkyl halides is 3. The van der Waals surface area contributed by atoms with Gasteiger partial charge in [-0.15, -0.1) is 0 Å².